The molecule has 30 heavy (non-hydrogen) atoms. The molecule has 5 rings (SSSR count). The molecule has 3 aliphatic heterocycles. The van der Waals surface area contributed by atoms with Gasteiger partial charge in [-0.05, 0) is 24.8 Å². The number of ether oxygens (including phenoxy) is 2. The van der Waals surface area contributed by atoms with Crippen LogP contribution in [0.15, 0.2) is 29.2 Å². The second-order valence-electron chi connectivity index (χ2n) is 8.54. The number of aromatic nitrogens is 3. The second-order valence-corrected chi connectivity index (χ2v) is 8.54. The second kappa shape index (κ2) is 8.35. The van der Waals surface area contributed by atoms with Crippen molar-refractivity contribution in [3.63, 3.8) is 0 Å². The summed E-state index contributed by atoms with van der Waals surface area (Å²) in [5.74, 6) is 2.03. The van der Waals surface area contributed by atoms with Crippen molar-refractivity contribution < 1.29 is 9.47 Å². The first kappa shape index (κ1) is 19.5. The molecular weight excluding hydrogens is 382 g/mol. The minimum atomic E-state index is 0.179. The molecule has 0 aromatic carbocycles. The number of nitrogens with zero attached hydrogens (tertiary/aromatic N) is 5. The van der Waals surface area contributed by atoms with Gasteiger partial charge in [-0.2, -0.15) is 4.98 Å². The van der Waals surface area contributed by atoms with Crippen molar-refractivity contribution in [3.05, 3.63) is 46.0 Å². The van der Waals surface area contributed by atoms with E-state index in [1.54, 1.807) is 19.4 Å². The summed E-state index contributed by atoms with van der Waals surface area (Å²) < 4.78 is 12.8. The predicted octanol–water partition coefficient (Wildman–Crippen LogP) is 1.49. The Morgan fingerprint density at radius 3 is 3.00 bits per heavy atom. The maximum atomic E-state index is 13.3. The Morgan fingerprint density at radius 1 is 1.17 bits per heavy atom. The summed E-state index contributed by atoms with van der Waals surface area (Å²) in [6, 6.07) is 5.98. The third kappa shape index (κ3) is 3.81. The lowest BCUT2D eigenvalue weighted by Crippen LogP contribution is -2.48. The van der Waals surface area contributed by atoms with Crippen LogP contribution in [0.2, 0.25) is 0 Å². The van der Waals surface area contributed by atoms with E-state index < -0.39 is 0 Å². The molecule has 2 aromatic rings. The van der Waals surface area contributed by atoms with Crippen LogP contribution in [0.4, 0.5) is 5.95 Å². The van der Waals surface area contributed by atoms with Gasteiger partial charge in [0.1, 0.15) is 0 Å². The first-order chi connectivity index (χ1) is 14.7. The van der Waals surface area contributed by atoms with Crippen LogP contribution in [0.3, 0.4) is 0 Å². The summed E-state index contributed by atoms with van der Waals surface area (Å²) in [6.45, 7) is 6.61. The predicted molar refractivity (Wildman–Crippen MR) is 113 cm³/mol. The highest BCUT2D eigenvalue weighted by molar-refractivity contribution is 5.36. The first-order valence-corrected chi connectivity index (χ1v) is 10.9. The molecule has 5 heterocycles. The van der Waals surface area contributed by atoms with E-state index in [4.69, 9.17) is 9.47 Å². The lowest BCUT2D eigenvalue weighted by molar-refractivity contribution is 0.140. The Bertz CT molecular complexity index is 954. The number of fused-ring (bicyclic) bond motifs is 4. The third-order valence-corrected chi connectivity index (χ3v) is 6.50. The maximum Gasteiger partial charge on any atom is 0.255 e. The van der Waals surface area contributed by atoms with Gasteiger partial charge in [0.25, 0.3) is 5.56 Å². The van der Waals surface area contributed by atoms with Gasteiger partial charge in [-0.25, -0.2) is 4.98 Å². The van der Waals surface area contributed by atoms with Crippen molar-refractivity contribution in [2.24, 2.45) is 5.92 Å². The molecule has 2 aromatic heterocycles. The molecule has 0 spiro atoms. The van der Waals surface area contributed by atoms with Gasteiger partial charge in [0, 0.05) is 75.3 Å². The fourth-order valence-electron chi connectivity index (χ4n) is 5.07. The number of hydrogen-bond donors (Lipinski definition) is 0. The smallest absolute Gasteiger partial charge is 0.255 e. The molecule has 0 aliphatic carbocycles. The van der Waals surface area contributed by atoms with E-state index in [0.717, 1.165) is 70.0 Å². The molecule has 0 unspecified atom stereocenters. The SMILES string of the molecule is COc1ccnc(N2C[C@@H]3C[C@H](C2)c2ccc(CN4CCCOCC4)c(=O)n2C3)n1. The van der Waals surface area contributed by atoms with E-state index >= 15 is 0 Å². The Hall–Kier alpha value is -2.45. The molecule has 3 aliphatic rings. The minimum absolute atomic E-state index is 0.179. The van der Waals surface area contributed by atoms with Crippen LogP contribution in [0.1, 0.15) is 30.0 Å². The standard InChI is InChI=1S/C22H29N5O3/c1-29-20-5-6-23-22(24-20)26-12-16-11-18(15-26)19-4-3-17(21(28)27(19)13-16)14-25-7-2-9-30-10-8-25/h3-6,16,18H,2,7-15H2,1H3/t16-,18+/m0/s1. The molecule has 2 fully saturated rings. The molecule has 0 amide bonds. The molecule has 0 radical (unpaired) electrons. The van der Waals surface area contributed by atoms with E-state index in [1.807, 2.05) is 10.6 Å². The fraction of sp³-hybridized carbons (Fsp3) is 0.591. The number of anilines is 1. The highest BCUT2D eigenvalue weighted by Crippen LogP contribution is 2.36. The van der Waals surface area contributed by atoms with E-state index in [9.17, 15) is 4.79 Å². The van der Waals surface area contributed by atoms with E-state index in [2.05, 4.69) is 25.8 Å². The summed E-state index contributed by atoms with van der Waals surface area (Å²) in [5.41, 5.74) is 2.22. The van der Waals surface area contributed by atoms with Crippen LogP contribution in [0, 0.1) is 5.92 Å². The zero-order valence-electron chi connectivity index (χ0n) is 17.5. The lowest BCUT2D eigenvalue weighted by Gasteiger charge is -2.43. The van der Waals surface area contributed by atoms with Crippen LogP contribution in [0.5, 0.6) is 5.88 Å². The van der Waals surface area contributed by atoms with Gasteiger partial charge < -0.3 is 18.9 Å². The molecular formula is C22H29N5O3. The molecule has 0 saturated carbocycles. The van der Waals surface area contributed by atoms with Crippen LogP contribution in [-0.2, 0) is 17.8 Å². The van der Waals surface area contributed by atoms with E-state index in [-0.39, 0.29) is 5.56 Å². The third-order valence-electron chi connectivity index (χ3n) is 6.50. The van der Waals surface area contributed by atoms with Gasteiger partial charge in [-0.15, -0.1) is 0 Å². The summed E-state index contributed by atoms with van der Waals surface area (Å²) in [5, 5.41) is 0. The molecule has 0 N–H and O–H groups in total. The van der Waals surface area contributed by atoms with Crippen molar-refractivity contribution >= 4 is 5.95 Å². The molecule has 2 saturated heterocycles. The van der Waals surface area contributed by atoms with Crippen molar-refractivity contribution in [3.8, 4) is 5.88 Å². The van der Waals surface area contributed by atoms with Crippen LogP contribution < -0.4 is 15.2 Å². The van der Waals surface area contributed by atoms with Gasteiger partial charge in [0.15, 0.2) is 0 Å². The maximum absolute atomic E-state index is 13.3. The Morgan fingerprint density at radius 2 is 2.10 bits per heavy atom. The highest BCUT2D eigenvalue weighted by atomic mass is 16.5. The zero-order chi connectivity index (χ0) is 20.5. The van der Waals surface area contributed by atoms with Crippen molar-refractivity contribution in [2.75, 3.05) is 51.4 Å². The lowest BCUT2D eigenvalue weighted by atomic mass is 9.83. The number of hydrogen-bond acceptors (Lipinski definition) is 7. The van der Waals surface area contributed by atoms with E-state index in [1.165, 1.54) is 0 Å². The Kier molecular flexibility index (Phi) is 5.43. The summed E-state index contributed by atoms with van der Waals surface area (Å²) in [4.78, 5) is 26.8. The topological polar surface area (TPSA) is 72.7 Å². The summed E-state index contributed by atoms with van der Waals surface area (Å²) in [7, 11) is 1.62. The molecule has 8 nitrogen and oxygen atoms in total. The van der Waals surface area contributed by atoms with Gasteiger partial charge in [0.05, 0.1) is 13.7 Å². The largest absolute Gasteiger partial charge is 0.481 e. The first-order valence-electron chi connectivity index (χ1n) is 10.9. The number of pyridine rings is 1. The summed E-state index contributed by atoms with van der Waals surface area (Å²) >= 11 is 0. The number of methoxy groups -OCH3 is 1. The van der Waals surface area contributed by atoms with Crippen molar-refractivity contribution in [1.29, 1.82) is 0 Å². The van der Waals surface area contributed by atoms with Gasteiger partial charge in [0.2, 0.25) is 11.8 Å². The minimum Gasteiger partial charge on any atom is -0.481 e. The Balaban J connectivity index is 1.37. The number of rotatable bonds is 4. The van der Waals surface area contributed by atoms with Crippen LogP contribution in [-0.4, -0.2) is 65.9 Å². The van der Waals surface area contributed by atoms with E-state index in [0.29, 0.717) is 30.2 Å². The van der Waals surface area contributed by atoms with Crippen LogP contribution >= 0.6 is 0 Å². The molecule has 160 valence electrons. The van der Waals surface area contributed by atoms with Crippen LogP contribution in [0.25, 0.3) is 0 Å². The average Bonchev–Trinajstić information content (AvgIpc) is 3.05. The average molecular weight is 412 g/mol. The number of piperidine rings is 1. The van der Waals surface area contributed by atoms with Crippen molar-refractivity contribution in [2.45, 2.75) is 31.8 Å². The zero-order valence-corrected chi connectivity index (χ0v) is 17.5. The molecule has 8 heteroatoms. The fourth-order valence-corrected chi connectivity index (χ4v) is 5.07. The van der Waals surface area contributed by atoms with Gasteiger partial charge in [-0.3, -0.25) is 9.69 Å². The van der Waals surface area contributed by atoms with Gasteiger partial charge >= 0.3 is 0 Å². The monoisotopic (exact) mass is 411 g/mol. The Labute approximate surface area is 176 Å². The van der Waals surface area contributed by atoms with Gasteiger partial charge in [-0.1, -0.05) is 6.07 Å². The molecule has 2 bridgehead atoms. The highest BCUT2D eigenvalue weighted by Gasteiger charge is 2.36. The normalized spacial score (nSPS) is 24.2. The quantitative estimate of drug-likeness (QED) is 0.755. The summed E-state index contributed by atoms with van der Waals surface area (Å²) in [6.07, 6.45) is 3.88. The van der Waals surface area contributed by atoms with Crippen molar-refractivity contribution in [1.82, 2.24) is 19.4 Å². The molecule has 2 atom stereocenters.